The number of rotatable bonds is 9. The average Bonchev–Trinajstić information content (AvgIpc) is 2.56. The molecule has 0 aliphatic heterocycles. The molecule has 0 spiro atoms. The van der Waals surface area contributed by atoms with Crippen molar-refractivity contribution < 1.29 is 13.9 Å². The summed E-state index contributed by atoms with van der Waals surface area (Å²) in [6, 6.07) is 6.30. The van der Waals surface area contributed by atoms with Gasteiger partial charge in [0.15, 0.2) is 5.96 Å². The molecule has 1 aromatic rings. The molecule has 134 valence electrons. The van der Waals surface area contributed by atoms with Gasteiger partial charge >= 0.3 is 0 Å². The van der Waals surface area contributed by atoms with Crippen molar-refractivity contribution in [3.8, 4) is 0 Å². The van der Waals surface area contributed by atoms with Gasteiger partial charge in [-0.1, -0.05) is 12.1 Å². The van der Waals surface area contributed by atoms with Crippen LogP contribution in [0.4, 0.5) is 4.39 Å². The number of hydrogen-bond acceptors (Lipinski definition) is 3. The van der Waals surface area contributed by atoms with Crippen molar-refractivity contribution in [3.63, 3.8) is 0 Å². The lowest BCUT2D eigenvalue weighted by Crippen LogP contribution is -2.43. The first-order valence-electron chi connectivity index (χ1n) is 8.07. The van der Waals surface area contributed by atoms with E-state index in [1.807, 2.05) is 13.0 Å². The number of halogens is 1. The Morgan fingerprint density at radius 1 is 1.33 bits per heavy atom. The van der Waals surface area contributed by atoms with Crippen molar-refractivity contribution in [2.24, 2.45) is 4.99 Å². The van der Waals surface area contributed by atoms with Crippen LogP contribution in [-0.2, 0) is 16.1 Å². The van der Waals surface area contributed by atoms with E-state index in [4.69, 9.17) is 4.74 Å². The molecule has 1 amide bonds. The van der Waals surface area contributed by atoms with Crippen molar-refractivity contribution in [2.75, 3.05) is 40.4 Å². The van der Waals surface area contributed by atoms with E-state index < -0.39 is 0 Å². The SMILES string of the molecule is CCOCCCNC(=NCc1cccc(F)c1)NCC(=O)N(C)C. The van der Waals surface area contributed by atoms with E-state index in [1.165, 1.54) is 17.0 Å². The van der Waals surface area contributed by atoms with Crippen LogP contribution in [0.15, 0.2) is 29.3 Å². The number of benzene rings is 1. The second kappa shape index (κ2) is 11.4. The van der Waals surface area contributed by atoms with E-state index >= 15 is 0 Å². The monoisotopic (exact) mass is 338 g/mol. The Labute approximate surface area is 143 Å². The summed E-state index contributed by atoms with van der Waals surface area (Å²) in [5, 5.41) is 6.14. The Morgan fingerprint density at radius 2 is 2.12 bits per heavy atom. The lowest BCUT2D eigenvalue weighted by molar-refractivity contribution is -0.127. The fourth-order valence-electron chi connectivity index (χ4n) is 1.82. The molecule has 7 heteroatoms. The molecule has 0 saturated carbocycles. The minimum Gasteiger partial charge on any atom is -0.382 e. The smallest absolute Gasteiger partial charge is 0.241 e. The third-order valence-corrected chi connectivity index (χ3v) is 3.18. The maximum absolute atomic E-state index is 13.2. The zero-order valence-corrected chi connectivity index (χ0v) is 14.6. The van der Waals surface area contributed by atoms with Gasteiger partial charge in [-0.15, -0.1) is 0 Å². The highest BCUT2D eigenvalue weighted by atomic mass is 19.1. The number of nitrogens with zero attached hydrogens (tertiary/aromatic N) is 2. The molecule has 1 rings (SSSR count). The largest absolute Gasteiger partial charge is 0.382 e. The standard InChI is InChI=1S/C17H27FN4O2/c1-4-24-10-6-9-19-17(21-13-16(23)22(2)3)20-12-14-7-5-8-15(18)11-14/h5,7-8,11H,4,6,9-10,12-13H2,1-3H3,(H2,19,20,21). The molecule has 0 aliphatic rings. The number of amides is 1. The molecule has 0 atom stereocenters. The van der Waals surface area contributed by atoms with Gasteiger partial charge in [0.2, 0.25) is 5.91 Å². The number of carbonyl (C=O) groups excluding carboxylic acids is 1. The van der Waals surface area contributed by atoms with Crippen LogP contribution in [0.25, 0.3) is 0 Å². The van der Waals surface area contributed by atoms with Crippen molar-refractivity contribution in [2.45, 2.75) is 19.9 Å². The van der Waals surface area contributed by atoms with Crippen LogP contribution in [-0.4, -0.2) is 57.2 Å². The predicted molar refractivity (Wildman–Crippen MR) is 93.3 cm³/mol. The van der Waals surface area contributed by atoms with E-state index in [-0.39, 0.29) is 18.3 Å². The number of ether oxygens (including phenoxy) is 1. The van der Waals surface area contributed by atoms with E-state index in [0.717, 1.165) is 12.0 Å². The minimum absolute atomic E-state index is 0.0513. The van der Waals surface area contributed by atoms with E-state index in [2.05, 4.69) is 15.6 Å². The molecule has 0 aliphatic carbocycles. The third kappa shape index (κ3) is 8.47. The molecule has 0 aromatic heterocycles. The van der Waals surface area contributed by atoms with Gasteiger partial charge in [0.05, 0.1) is 13.1 Å². The number of likely N-dealkylation sites (N-methyl/N-ethyl adjacent to an activating group) is 1. The van der Waals surface area contributed by atoms with Crippen LogP contribution in [0.1, 0.15) is 18.9 Å². The third-order valence-electron chi connectivity index (χ3n) is 3.18. The Kier molecular flexibility index (Phi) is 9.45. The van der Waals surface area contributed by atoms with Crippen molar-refractivity contribution in [1.29, 1.82) is 0 Å². The molecule has 0 saturated heterocycles. The molecule has 6 nitrogen and oxygen atoms in total. The summed E-state index contributed by atoms with van der Waals surface area (Å²) in [4.78, 5) is 17.6. The molecular formula is C17H27FN4O2. The summed E-state index contributed by atoms with van der Waals surface area (Å²) in [7, 11) is 3.40. The summed E-state index contributed by atoms with van der Waals surface area (Å²) in [6.07, 6.45) is 0.829. The number of guanidine groups is 1. The van der Waals surface area contributed by atoms with E-state index in [9.17, 15) is 9.18 Å². The zero-order valence-electron chi connectivity index (χ0n) is 14.6. The lowest BCUT2D eigenvalue weighted by Gasteiger charge is -2.15. The highest BCUT2D eigenvalue weighted by Crippen LogP contribution is 2.04. The molecular weight excluding hydrogens is 311 g/mol. The first-order valence-corrected chi connectivity index (χ1v) is 8.07. The molecule has 1 aromatic carbocycles. The van der Waals surface area contributed by atoms with Gasteiger partial charge in [0.25, 0.3) is 0 Å². The van der Waals surface area contributed by atoms with Gasteiger partial charge in [-0.05, 0) is 31.0 Å². The minimum atomic E-state index is -0.287. The number of hydrogen-bond donors (Lipinski definition) is 2. The lowest BCUT2D eigenvalue weighted by atomic mass is 10.2. The molecule has 2 N–H and O–H groups in total. The Bertz CT molecular complexity index is 535. The number of carbonyl (C=O) groups is 1. The van der Waals surface area contributed by atoms with Crippen LogP contribution >= 0.6 is 0 Å². The van der Waals surface area contributed by atoms with Gasteiger partial charge in [-0.3, -0.25) is 4.79 Å². The predicted octanol–water partition coefficient (Wildman–Crippen LogP) is 1.38. The van der Waals surface area contributed by atoms with Gasteiger partial charge in [0.1, 0.15) is 5.82 Å². The van der Waals surface area contributed by atoms with E-state index in [0.29, 0.717) is 32.3 Å². The maximum atomic E-state index is 13.2. The average molecular weight is 338 g/mol. The van der Waals surface area contributed by atoms with Gasteiger partial charge in [-0.2, -0.15) is 0 Å². The first kappa shape index (κ1) is 19.9. The molecule has 0 heterocycles. The summed E-state index contributed by atoms with van der Waals surface area (Å²) in [6.45, 7) is 4.45. The second-order valence-electron chi connectivity index (χ2n) is 5.41. The van der Waals surface area contributed by atoms with Crippen LogP contribution in [0.5, 0.6) is 0 Å². The summed E-state index contributed by atoms with van der Waals surface area (Å²) < 4.78 is 18.5. The fraction of sp³-hybridized carbons (Fsp3) is 0.529. The first-order chi connectivity index (χ1) is 11.5. The summed E-state index contributed by atoms with van der Waals surface area (Å²) in [5.41, 5.74) is 0.768. The number of aliphatic imine (C=N–C) groups is 1. The number of nitrogens with one attached hydrogen (secondary N) is 2. The Balaban J connectivity index is 2.57. The highest BCUT2D eigenvalue weighted by Gasteiger charge is 2.06. The second-order valence-corrected chi connectivity index (χ2v) is 5.41. The molecule has 0 radical (unpaired) electrons. The fourth-order valence-corrected chi connectivity index (χ4v) is 1.82. The normalized spacial score (nSPS) is 11.2. The van der Waals surface area contributed by atoms with Crippen LogP contribution in [0, 0.1) is 5.82 Å². The Morgan fingerprint density at radius 3 is 2.79 bits per heavy atom. The molecule has 0 fully saturated rings. The van der Waals surface area contributed by atoms with Crippen LogP contribution in [0.2, 0.25) is 0 Å². The van der Waals surface area contributed by atoms with Crippen LogP contribution < -0.4 is 10.6 Å². The quantitative estimate of drug-likeness (QED) is 0.406. The molecule has 24 heavy (non-hydrogen) atoms. The molecule has 0 unspecified atom stereocenters. The maximum Gasteiger partial charge on any atom is 0.241 e. The van der Waals surface area contributed by atoms with Crippen LogP contribution in [0.3, 0.4) is 0 Å². The van der Waals surface area contributed by atoms with E-state index in [1.54, 1.807) is 20.2 Å². The van der Waals surface area contributed by atoms with Gasteiger partial charge in [0, 0.05) is 33.9 Å². The van der Waals surface area contributed by atoms with Crippen molar-refractivity contribution in [3.05, 3.63) is 35.6 Å². The highest BCUT2D eigenvalue weighted by molar-refractivity contribution is 5.86. The topological polar surface area (TPSA) is 66.0 Å². The van der Waals surface area contributed by atoms with Gasteiger partial charge in [-0.25, -0.2) is 9.38 Å². The summed E-state index contributed by atoms with van der Waals surface area (Å²) >= 11 is 0. The van der Waals surface area contributed by atoms with Crippen molar-refractivity contribution in [1.82, 2.24) is 15.5 Å². The molecule has 0 bridgehead atoms. The Hall–Kier alpha value is -2.15. The van der Waals surface area contributed by atoms with Crippen molar-refractivity contribution >= 4 is 11.9 Å². The summed E-state index contributed by atoms with van der Waals surface area (Å²) in [5.74, 6) is 0.181. The zero-order chi connectivity index (χ0) is 17.8. The van der Waals surface area contributed by atoms with Gasteiger partial charge < -0.3 is 20.3 Å².